The molecule has 0 amide bonds. The van der Waals surface area contributed by atoms with Gasteiger partial charge in [-0.15, -0.1) is 0 Å². The van der Waals surface area contributed by atoms with E-state index in [1.54, 1.807) is 37.3 Å². The van der Waals surface area contributed by atoms with Gasteiger partial charge in [-0.05, 0) is 44.7 Å². The molecular formula is C22H30F2N3O7PS. The number of H-pyrrole nitrogens is 1. The lowest BCUT2D eigenvalue weighted by Crippen LogP contribution is -2.43. The second kappa shape index (κ2) is 12.0. The minimum absolute atomic E-state index is 0.0346. The first-order valence-electron chi connectivity index (χ1n) is 11.3. The number of rotatable bonds is 12. The molecule has 1 aliphatic rings. The third-order valence-electron chi connectivity index (χ3n) is 5.18. The van der Waals surface area contributed by atoms with E-state index < -0.39 is 55.3 Å². The molecule has 0 spiro atoms. The molecule has 3 rings (SSSR count). The Bertz CT molecular complexity index is 1170. The standard InChI is InChI=1S/C22H30F2N3O7PS/c1-14(2)31-12-15(3)26-35(36,34-16-7-5-4-6-8-16)32-13-22(24)20(29)19(23)17(33-22)11-27-10-9-18(28)25-21(27)30/h4-10,14-15,17,19-20,29H,11-13H2,1-3H3,(H,26,36)(H,25,28,30)/t15-,17+,19-,20+,22-,35?/m1/s1. The lowest BCUT2D eigenvalue weighted by molar-refractivity contribution is -0.192. The van der Waals surface area contributed by atoms with Gasteiger partial charge in [0.2, 0.25) is 0 Å². The summed E-state index contributed by atoms with van der Waals surface area (Å²) >= 11 is 5.58. The Morgan fingerprint density at radius 2 is 1.97 bits per heavy atom. The highest BCUT2D eigenvalue weighted by Crippen LogP contribution is 2.48. The fraction of sp³-hybridized carbons (Fsp3) is 0.545. The van der Waals surface area contributed by atoms with Crippen LogP contribution in [0.1, 0.15) is 20.8 Å². The molecule has 1 fully saturated rings. The van der Waals surface area contributed by atoms with Crippen LogP contribution in [0.4, 0.5) is 8.78 Å². The number of para-hydroxylation sites is 1. The number of halogens is 2. The number of hydrogen-bond donors (Lipinski definition) is 3. The maximum atomic E-state index is 15.6. The van der Waals surface area contributed by atoms with Crippen molar-refractivity contribution in [2.75, 3.05) is 13.2 Å². The molecule has 1 aromatic heterocycles. The van der Waals surface area contributed by atoms with Crippen LogP contribution in [0, 0.1) is 0 Å². The van der Waals surface area contributed by atoms with E-state index in [2.05, 4.69) is 5.09 Å². The van der Waals surface area contributed by atoms with Gasteiger partial charge in [-0.2, -0.15) is 0 Å². The quantitative estimate of drug-likeness (QED) is 0.341. The number of nitrogens with one attached hydrogen (secondary N) is 2. The number of alkyl halides is 2. The van der Waals surface area contributed by atoms with Crippen molar-refractivity contribution in [2.45, 2.75) is 63.7 Å². The number of aliphatic hydroxyl groups is 1. The highest BCUT2D eigenvalue weighted by molar-refractivity contribution is 8.09. The molecule has 2 aromatic rings. The van der Waals surface area contributed by atoms with Crippen molar-refractivity contribution >= 4 is 18.4 Å². The van der Waals surface area contributed by atoms with Crippen molar-refractivity contribution in [3.05, 3.63) is 63.4 Å². The number of aromatic nitrogens is 2. The van der Waals surface area contributed by atoms with Crippen LogP contribution in [-0.2, 0) is 32.3 Å². The van der Waals surface area contributed by atoms with E-state index in [1.165, 1.54) is 0 Å². The first-order chi connectivity index (χ1) is 16.9. The van der Waals surface area contributed by atoms with E-state index in [0.717, 1.165) is 16.8 Å². The number of aliphatic hydroxyl groups excluding tert-OH is 1. The van der Waals surface area contributed by atoms with Gasteiger partial charge >= 0.3 is 12.3 Å². The van der Waals surface area contributed by atoms with Gasteiger partial charge in [-0.1, -0.05) is 18.2 Å². The maximum absolute atomic E-state index is 15.6. The predicted molar refractivity (Wildman–Crippen MR) is 132 cm³/mol. The van der Waals surface area contributed by atoms with Crippen LogP contribution in [-0.4, -0.2) is 64.3 Å². The second-order valence-corrected chi connectivity index (χ2v) is 11.8. The normalized spacial score (nSPS) is 26.6. The summed E-state index contributed by atoms with van der Waals surface area (Å²) in [6.45, 7) is 0.952. The van der Waals surface area contributed by atoms with Crippen molar-refractivity contribution in [2.24, 2.45) is 0 Å². The van der Waals surface area contributed by atoms with Crippen LogP contribution in [0.15, 0.2) is 52.2 Å². The van der Waals surface area contributed by atoms with Crippen molar-refractivity contribution in [1.29, 1.82) is 0 Å². The third-order valence-corrected chi connectivity index (χ3v) is 7.71. The summed E-state index contributed by atoms with van der Waals surface area (Å²) in [5, 5.41) is 13.3. The molecule has 0 bridgehead atoms. The SMILES string of the molecule is CC(C)OC[C@@H](C)NP(=S)(OC[C@@]1(F)O[C@@H](Cn2ccc(=O)[nH]c2=O)[C@@H](F)[C@@H]1O)Oc1ccccc1. The topological polar surface area (TPSA) is 124 Å². The fourth-order valence-electron chi connectivity index (χ4n) is 3.39. The van der Waals surface area contributed by atoms with Gasteiger partial charge in [0.25, 0.3) is 11.4 Å². The van der Waals surface area contributed by atoms with Crippen molar-refractivity contribution in [3.63, 3.8) is 0 Å². The summed E-state index contributed by atoms with van der Waals surface area (Å²) in [5.41, 5.74) is -1.47. The molecule has 3 N–H and O–H groups in total. The number of hydrogen-bond acceptors (Lipinski definition) is 8. The average Bonchev–Trinajstić information content (AvgIpc) is 3.03. The predicted octanol–water partition coefficient (Wildman–Crippen LogP) is 2.02. The molecule has 10 nitrogen and oxygen atoms in total. The Labute approximate surface area is 211 Å². The molecule has 2 heterocycles. The summed E-state index contributed by atoms with van der Waals surface area (Å²) in [4.78, 5) is 25.2. The Balaban J connectivity index is 1.73. The summed E-state index contributed by atoms with van der Waals surface area (Å²) in [6, 6.07) is 9.21. The summed E-state index contributed by atoms with van der Waals surface area (Å²) in [7, 11) is 0. The van der Waals surface area contributed by atoms with Crippen LogP contribution in [0.5, 0.6) is 5.75 Å². The molecule has 6 atom stereocenters. The van der Waals surface area contributed by atoms with Crippen molar-refractivity contribution in [1.82, 2.24) is 14.6 Å². The lowest BCUT2D eigenvalue weighted by Gasteiger charge is -2.30. The van der Waals surface area contributed by atoms with Gasteiger partial charge in [0, 0.05) is 18.3 Å². The number of aromatic amines is 1. The van der Waals surface area contributed by atoms with E-state index in [-0.39, 0.29) is 18.8 Å². The first-order valence-corrected chi connectivity index (χ1v) is 13.9. The molecule has 1 unspecified atom stereocenters. The summed E-state index contributed by atoms with van der Waals surface area (Å²) in [6.07, 6.45) is -4.85. The van der Waals surface area contributed by atoms with Crippen molar-refractivity contribution in [3.8, 4) is 5.75 Å². The zero-order valence-electron chi connectivity index (χ0n) is 20.0. The third kappa shape index (κ3) is 7.51. The highest BCUT2D eigenvalue weighted by atomic mass is 32.5. The van der Waals surface area contributed by atoms with Crippen LogP contribution in [0.3, 0.4) is 0 Å². The molecule has 1 saturated heterocycles. The van der Waals surface area contributed by atoms with Gasteiger partial charge < -0.3 is 23.6 Å². The van der Waals surface area contributed by atoms with E-state index in [1.807, 2.05) is 18.8 Å². The molecule has 36 heavy (non-hydrogen) atoms. The Kier molecular flexibility index (Phi) is 9.56. The zero-order chi connectivity index (χ0) is 26.5. The first kappa shape index (κ1) is 28.6. The second-order valence-electron chi connectivity index (χ2n) is 8.68. The Morgan fingerprint density at radius 1 is 1.28 bits per heavy atom. The zero-order valence-corrected chi connectivity index (χ0v) is 21.7. The van der Waals surface area contributed by atoms with E-state index in [9.17, 15) is 19.1 Å². The molecular weight excluding hydrogens is 519 g/mol. The number of ether oxygens (including phenoxy) is 2. The van der Waals surface area contributed by atoms with E-state index in [4.69, 9.17) is 30.3 Å². The molecule has 0 saturated carbocycles. The Morgan fingerprint density at radius 3 is 2.61 bits per heavy atom. The van der Waals surface area contributed by atoms with E-state index in [0.29, 0.717) is 5.75 Å². The Hall–Kier alpha value is -1.99. The fourth-order valence-corrected chi connectivity index (χ4v) is 5.89. The van der Waals surface area contributed by atoms with Crippen LogP contribution in [0.25, 0.3) is 0 Å². The molecule has 14 heteroatoms. The number of benzene rings is 1. The smallest absolute Gasteiger partial charge is 0.328 e. The average molecular weight is 550 g/mol. The largest absolute Gasteiger partial charge is 0.433 e. The van der Waals surface area contributed by atoms with Gasteiger partial charge in [-0.25, -0.2) is 18.7 Å². The van der Waals surface area contributed by atoms with Crippen LogP contribution in [0.2, 0.25) is 0 Å². The maximum Gasteiger partial charge on any atom is 0.328 e. The van der Waals surface area contributed by atoms with Crippen LogP contribution < -0.4 is 20.9 Å². The van der Waals surface area contributed by atoms with Gasteiger partial charge in [0.05, 0.1) is 19.3 Å². The summed E-state index contributed by atoms with van der Waals surface area (Å²) in [5.74, 6) is -2.61. The lowest BCUT2D eigenvalue weighted by atomic mass is 10.1. The monoisotopic (exact) mass is 549 g/mol. The van der Waals surface area contributed by atoms with Gasteiger partial charge in [0.1, 0.15) is 24.6 Å². The summed E-state index contributed by atoms with van der Waals surface area (Å²) < 4.78 is 53.6. The molecule has 1 aromatic carbocycles. The van der Waals surface area contributed by atoms with Gasteiger partial charge in [-0.3, -0.25) is 14.3 Å². The van der Waals surface area contributed by atoms with Gasteiger partial charge in [0.15, 0.2) is 6.17 Å². The van der Waals surface area contributed by atoms with E-state index >= 15 is 4.39 Å². The molecule has 0 radical (unpaired) electrons. The van der Waals surface area contributed by atoms with Crippen LogP contribution >= 0.6 is 6.64 Å². The minimum atomic E-state index is -3.44. The molecule has 0 aliphatic carbocycles. The van der Waals surface area contributed by atoms with Crippen molar-refractivity contribution < 1.29 is 32.4 Å². The molecule has 1 aliphatic heterocycles. The number of nitrogens with zero attached hydrogens (tertiary/aromatic N) is 1. The minimum Gasteiger partial charge on any atom is -0.433 e. The molecule has 200 valence electrons. The highest BCUT2D eigenvalue weighted by Gasteiger charge is 2.57.